The molecule has 0 saturated heterocycles. The first-order valence-corrected chi connectivity index (χ1v) is 5.34. The van der Waals surface area contributed by atoms with Crippen LogP contribution in [0.4, 0.5) is 5.69 Å². The summed E-state index contributed by atoms with van der Waals surface area (Å²) in [6.45, 7) is 5.78. The van der Waals surface area contributed by atoms with Gasteiger partial charge < -0.3 is 10.6 Å². The van der Waals surface area contributed by atoms with Gasteiger partial charge in [-0.3, -0.25) is 4.79 Å². The number of hydrogen-bond acceptors (Lipinski definition) is 2. The zero-order valence-electron chi connectivity index (χ0n) is 9.13. The third kappa shape index (κ3) is 1.96. The molecule has 3 heteroatoms. The second-order valence-corrected chi connectivity index (χ2v) is 4.14. The van der Waals surface area contributed by atoms with Crippen LogP contribution in [0, 0.1) is 0 Å². The molecule has 0 aliphatic carbocycles. The van der Waals surface area contributed by atoms with E-state index in [1.807, 2.05) is 12.1 Å². The summed E-state index contributed by atoms with van der Waals surface area (Å²) in [5.74, 6) is 0.508. The second-order valence-electron chi connectivity index (χ2n) is 4.14. The molecule has 0 unspecified atom stereocenters. The number of rotatable bonds is 1. The minimum absolute atomic E-state index is 0.0188. The molecule has 1 heterocycles. The van der Waals surface area contributed by atoms with E-state index in [0.717, 1.165) is 17.8 Å². The van der Waals surface area contributed by atoms with Gasteiger partial charge in [-0.25, -0.2) is 0 Å². The van der Waals surface area contributed by atoms with Gasteiger partial charge in [0.05, 0.1) is 5.56 Å². The molecule has 2 N–H and O–H groups in total. The van der Waals surface area contributed by atoms with Crippen LogP contribution in [0.3, 0.4) is 0 Å². The summed E-state index contributed by atoms with van der Waals surface area (Å²) in [6.07, 6.45) is 0. The first-order chi connectivity index (χ1) is 7.18. The Balaban J connectivity index is 2.42. The Morgan fingerprint density at radius 2 is 1.93 bits per heavy atom. The predicted octanol–water partition coefficient (Wildman–Crippen LogP) is 1.97. The molecular formula is C12H16N2O. The van der Waals surface area contributed by atoms with Crippen molar-refractivity contribution < 1.29 is 4.79 Å². The summed E-state index contributed by atoms with van der Waals surface area (Å²) < 4.78 is 0. The highest BCUT2D eigenvalue weighted by molar-refractivity contribution is 6.00. The van der Waals surface area contributed by atoms with E-state index in [4.69, 9.17) is 0 Å². The van der Waals surface area contributed by atoms with Gasteiger partial charge in [0.2, 0.25) is 0 Å². The fraction of sp³-hybridized carbons (Fsp3) is 0.417. The van der Waals surface area contributed by atoms with Crippen molar-refractivity contribution in [3.63, 3.8) is 0 Å². The molecule has 0 aromatic heterocycles. The highest BCUT2D eigenvalue weighted by Crippen LogP contribution is 2.23. The van der Waals surface area contributed by atoms with Crippen LogP contribution in [0.25, 0.3) is 0 Å². The van der Waals surface area contributed by atoms with Crippen LogP contribution in [-0.4, -0.2) is 19.0 Å². The van der Waals surface area contributed by atoms with E-state index in [1.54, 1.807) is 0 Å². The van der Waals surface area contributed by atoms with Crippen molar-refractivity contribution >= 4 is 11.6 Å². The third-order valence-corrected chi connectivity index (χ3v) is 2.68. The maximum atomic E-state index is 11.6. The maximum absolute atomic E-state index is 11.6. The number of amides is 1. The number of fused-ring (bicyclic) bond motifs is 1. The minimum Gasteiger partial charge on any atom is -0.383 e. The van der Waals surface area contributed by atoms with Crippen LogP contribution in [0.2, 0.25) is 0 Å². The molecule has 0 bridgehead atoms. The summed E-state index contributed by atoms with van der Waals surface area (Å²) in [7, 11) is 0. The van der Waals surface area contributed by atoms with Crippen LogP contribution < -0.4 is 10.6 Å². The topological polar surface area (TPSA) is 41.1 Å². The average Bonchev–Trinajstić information content (AvgIpc) is 2.40. The van der Waals surface area contributed by atoms with E-state index in [0.29, 0.717) is 12.5 Å². The quantitative estimate of drug-likeness (QED) is 0.734. The van der Waals surface area contributed by atoms with Gasteiger partial charge in [-0.15, -0.1) is 0 Å². The summed E-state index contributed by atoms with van der Waals surface area (Å²) in [5, 5.41) is 6.12. The van der Waals surface area contributed by atoms with Gasteiger partial charge in [0, 0.05) is 18.8 Å². The number of carbonyl (C=O) groups excluding carboxylic acids is 1. The number of anilines is 1. The molecule has 0 spiro atoms. The Morgan fingerprint density at radius 1 is 1.20 bits per heavy atom. The molecule has 15 heavy (non-hydrogen) atoms. The maximum Gasteiger partial charge on any atom is 0.253 e. The molecule has 2 rings (SSSR count). The molecule has 3 nitrogen and oxygen atoms in total. The van der Waals surface area contributed by atoms with Gasteiger partial charge in [-0.2, -0.15) is 0 Å². The summed E-state index contributed by atoms with van der Waals surface area (Å²) in [6, 6.07) is 6.00. The smallest absolute Gasteiger partial charge is 0.253 e. The lowest BCUT2D eigenvalue weighted by Gasteiger charge is -2.10. The Bertz CT molecular complexity index is 385. The summed E-state index contributed by atoms with van der Waals surface area (Å²) in [5.41, 5.74) is 2.96. The fourth-order valence-electron chi connectivity index (χ4n) is 1.73. The van der Waals surface area contributed by atoms with Gasteiger partial charge >= 0.3 is 0 Å². The molecule has 0 radical (unpaired) electrons. The number of carbonyl (C=O) groups is 1. The Morgan fingerprint density at radius 3 is 2.67 bits per heavy atom. The Hall–Kier alpha value is -1.51. The van der Waals surface area contributed by atoms with Gasteiger partial charge in [-0.1, -0.05) is 19.9 Å². The van der Waals surface area contributed by atoms with Crippen molar-refractivity contribution in [1.29, 1.82) is 0 Å². The van der Waals surface area contributed by atoms with Crippen molar-refractivity contribution in [3.05, 3.63) is 29.3 Å². The first-order valence-electron chi connectivity index (χ1n) is 5.34. The van der Waals surface area contributed by atoms with Crippen LogP contribution in [0.1, 0.15) is 35.7 Å². The highest BCUT2D eigenvalue weighted by Gasteiger charge is 2.15. The molecule has 1 aliphatic heterocycles. The summed E-state index contributed by atoms with van der Waals surface area (Å²) >= 11 is 0. The van der Waals surface area contributed by atoms with Gasteiger partial charge in [-0.05, 0) is 23.6 Å². The largest absolute Gasteiger partial charge is 0.383 e. The first kappa shape index (κ1) is 10.0. The number of benzene rings is 1. The fourth-order valence-corrected chi connectivity index (χ4v) is 1.73. The van der Waals surface area contributed by atoms with Gasteiger partial charge in [0.15, 0.2) is 0 Å². The lowest BCUT2D eigenvalue weighted by Crippen LogP contribution is -2.24. The van der Waals surface area contributed by atoms with Crippen LogP contribution >= 0.6 is 0 Å². The molecule has 1 aromatic rings. The van der Waals surface area contributed by atoms with E-state index in [-0.39, 0.29) is 5.91 Å². The third-order valence-electron chi connectivity index (χ3n) is 2.68. The van der Waals surface area contributed by atoms with E-state index >= 15 is 0 Å². The Labute approximate surface area is 89.9 Å². The molecule has 0 atom stereocenters. The molecule has 1 aliphatic rings. The molecule has 1 amide bonds. The molecule has 1 aromatic carbocycles. The second kappa shape index (κ2) is 3.93. The minimum atomic E-state index is 0.0188. The standard InChI is InChI=1S/C12H16N2O/c1-8(2)9-3-4-10-11(7-9)13-5-6-14-12(10)15/h3-4,7-8,13H,5-6H2,1-2H3,(H,14,15). The number of hydrogen-bond donors (Lipinski definition) is 2. The molecule has 0 fully saturated rings. The average molecular weight is 204 g/mol. The van der Waals surface area contributed by atoms with E-state index < -0.39 is 0 Å². The van der Waals surface area contributed by atoms with E-state index in [1.165, 1.54) is 5.56 Å². The molecule has 0 saturated carbocycles. The lowest BCUT2D eigenvalue weighted by atomic mass is 10.00. The van der Waals surface area contributed by atoms with Crippen molar-refractivity contribution in [1.82, 2.24) is 5.32 Å². The Kier molecular flexibility index (Phi) is 2.62. The zero-order chi connectivity index (χ0) is 10.8. The van der Waals surface area contributed by atoms with Gasteiger partial charge in [0.25, 0.3) is 5.91 Å². The van der Waals surface area contributed by atoms with Crippen LogP contribution in [0.15, 0.2) is 18.2 Å². The molecular weight excluding hydrogens is 188 g/mol. The van der Waals surface area contributed by atoms with Crippen molar-refractivity contribution in [3.8, 4) is 0 Å². The van der Waals surface area contributed by atoms with E-state index in [2.05, 4.69) is 30.5 Å². The van der Waals surface area contributed by atoms with Gasteiger partial charge in [0.1, 0.15) is 0 Å². The molecule has 80 valence electrons. The van der Waals surface area contributed by atoms with Crippen molar-refractivity contribution in [2.75, 3.05) is 18.4 Å². The van der Waals surface area contributed by atoms with Crippen LogP contribution in [0.5, 0.6) is 0 Å². The van der Waals surface area contributed by atoms with Crippen LogP contribution in [-0.2, 0) is 0 Å². The predicted molar refractivity (Wildman–Crippen MR) is 61.4 cm³/mol. The normalized spacial score (nSPS) is 15.3. The SMILES string of the molecule is CC(C)c1ccc2c(c1)NCCNC2=O. The lowest BCUT2D eigenvalue weighted by molar-refractivity contribution is 0.0958. The van der Waals surface area contributed by atoms with Crippen molar-refractivity contribution in [2.24, 2.45) is 0 Å². The van der Waals surface area contributed by atoms with E-state index in [9.17, 15) is 4.79 Å². The number of nitrogens with one attached hydrogen (secondary N) is 2. The summed E-state index contributed by atoms with van der Waals surface area (Å²) in [4.78, 5) is 11.6. The zero-order valence-corrected chi connectivity index (χ0v) is 9.13. The highest BCUT2D eigenvalue weighted by atomic mass is 16.1. The monoisotopic (exact) mass is 204 g/mol. The van der Waals surface area contributed by atoms with Crippen molar-refractivity contribution in [2.45, 2.75) is 19.8 Å².